The topological polar surface area (TPSA) is 29.1 Å². The Kier molecular flexibility index (Phi) is 4.76. The van der Waals surface area contributed by atoms with Crippen LogP contribution in [0.5, 0.6) is 0 Å². The van der Waals surface area contributed by atoms with Crippen molar-refractivity contribution in [2.75, 3.05) is 5.32 Å². The molecule has 2 rings (SSSR count). The number of nitrogens with one attached hydrogen (secondary N) is 1. The molecule has 2 aromatic carbocycles. The van der Waals surface area contributed by atoms with Crippen molar-refractivity contribution >= 4 is 29.3 Å². The molecule has 0 bridgehead atoms. The van der Waals surface area contributed by atoms with Crippen molar-refractivity contribution in [3.63, 3.8) is 0 Å². The Hall–Kier alpha value is -2.01. The number of hydrogen-bond donors (Lipinski definition) is 1. The number of hydrogen-bond acceptors (Lipinski definition) is 2. The molecule has 0 spiro atoms. The minimum atomic E-state index is -4.46. The van der Waals surface area contributed by atoms with E-state index in [-0.39, 0.29) is 10.7 Å². The molecule has 0 aliphatic carbocycles. The molecule has 0 aliphatic heterocycles. The lowest BCUT2D eigenvalue weighted by atomic mass is 10.1. The van der Waals surface area contributed by atoms with Gasteiger partial charge in [0.2, 0.25) is 0 Å². The van der Waals surface area contributed by atoms with Crippen LogP contribution in [0.25, 0.3) is 0 Å². The molecule has 0 saturated heterocycles. The number of benzene rings is 2. The Morgan fingerprint density at radius 3 is 2.45 bits per heavy atom. The molecule has 0 amide bonds. The first-order valence-corrected chi connectivity index (χ1v) is 6.94. The van der Waals surface area contributed by atoms with Crippen LogP contribution in [-0.2, 0) is 12.6 Å². The summed E-state index contributed by atoms with van der Waals surface area (Å²) in [5.41, 5.74) is 1.03. The third-order valence-corrected chi connectivity index (χ3v) is 3.54. The molecule has 0 aliphatic rings. The van der Waals surface area contributed by atoms with Crippen LogP contribution >= 0.6 is 11.6 Å². The second-order valence-corrected chi connectivity index (χ2v) is 5.12. The summed E-state index contributed by atoms with van der Waals surface area (Å²) >= 11 is 5.93. The molecule has 0 saturated carbocycles. The second-order valence-electron chi connectivity index (χ2n) is 4.71. The van der Waals surface area contributed by atoms with E-state index in [1.54, 1.807) is 18.2 Å². The lowest BCUT2D eigenvalue weighted by Gasteiger charge is -2.14. The highest BCUT2D eigenvalue weighted by Gasteiger charge is 2.31. The van der Waals surface area contributed by atoms with Crippen molar-refractivity contribution in [1.29, 1.82) is 0 Å². The molecule has 0 radical (unpaired) electrons. The van der Waals surface area contributed by atoms with E-state index in [1.807, 2.05) is 6.92 Å². The van der Waals surface area contributed by atoms with Gasteiger partial charge in [-0.2, -0.15) is 13.2 Å². The van der Waals surface area contributed by atoms with E-state index in [9.17, 15) is 18.0 Å². The first-order valence-electron chi connectivity index (χ1n) is 6.57. The van der Waals surface area contributed by atoms with E-state index < -0.39 is 11.7 Å². The highest BCUT2D eigenvalue weighted by Crippen LogP contribution is 2.35. The van der Waals surface area contributed by atoms with Gasteiger partial charge in [0.05, 0.1) is 16.3 Å². The maximum atomic E-state index is 12.8. The average molecular weight is 328 g/mol. The van der Waals surface area contributed by atoms with E-state index in [0.29, 0.717) is 17.5 Å². The van der Waals surface area contributed by atoms with Crippen LogP contribution in [0.3, 0.4) is 0 Å². The predicted octanol–water partition coefficient (Wildman–Crippen LogP) is 5.48. The standard InChI is InChI=1S/C16H13ClF3NO/c1-2-10-3-6-14(11(7-10)9-22)21-15-8-12(16(18,19)20)4-5-13(15)17/h3-9,21H,2H2,1H3. The average Bonchev–Trinajstić information content (AvgIpc) is 2.48. The van der Waals surface area contributed by atoms with E-state index in [4.69, 9.17) is 11.6 Å². The van der Waals surface area contributed by atoms with E-state index in [0.717, 1.165) is 24.1 Å². The SMILES string of the molecule is CCc1ccc(Nc2cc(C(F)(F)F)ccc2Cl)c(C=O)c1. The molecule has 0 atom stereocenters. The summed E-state index contributed by atoms with van der Waals surface area (Å²) in [5.74, 6) is 0. The molecular formula is C16H13ClF3NO. The van der Waals surface area contributed by atoms with Gasteiger partial charge in [0.25, 0.3) is 0 Å². The number of anilines is 2. The number of rotatable bonds is 4. The highest BCUT2D eigenvalue weighted by atomic mass is 35.5. The Morgan fingerprint density at radius 2 is 1.86 bits per heavy atom. The number of carbonyl (C=O) groups excluding carboxylic acids is 1. The molecule has 0 heterocycles. The van der Waals surface area contributed by atoms with Crippen molar-refractivity contribution in [2.24, 2.45) is 0 Å². The minimum absolute atomic E-state index is 0.101. The molecule has 2 aromatic rings. The zero-order valence-electron chi connectivity index (χ0n) is 11.7. The Morgan fingerprint density at radius 1 is 1.14 bits per heavy atom. The van der Waals surface area contributed by atoms with Crippen molar-refractivity contribution in [3.8, 4) is 0 Å². The third-order valence-electron chi connectivity index (χ3n) is 3.21. The number of alkyl halides is 3. The summed E-state index contributed by atoms with van der Waals surface area (Å²) in [5, 5.41) is 2.94. The van der Waals surface area contributed by atoms with Crippen LogP contribution in [-0.4, -0.2) is 6.29 Å². The van der Waals surface area contributed by atoms with Crippen LogP contribution in [0.15, 0.2) is 36.4 Å². The van der Waals surface area contributed by atoms with Gasteiger partial charge in [0, 0.05) is 11.3 Å². The molecule has 2 nitrogen and oxygen atoms in total. The quantitative estimate of drug-likeness (QED) is 0.754. The lowest BCUT2D eigenvalue weighted by Crippen LogP contribution is -2.06. The molecule has 0 fully saturated rings. The van der Waals surface area contributed by atoms with Gasteiger partial charge in [0.15, 0.2) is 6.29 Å². The van der Waals surface area contributed by atoms with Gasteiger partial charge in [-0.1, -0.05) is 24.6 Å². The van der Waals surface area contributed by atoms with Gasteiger partial charge in [-0.25, -0.2) is 0 Å². The van der Waals surface area contributed by atoms with Gasteiger partial charge in [-0.15, -0.1) is 0 Å². The van der Waals surface area contributed by atoms with Crippen molar-refractivity contribution in [1.82, 2.24) is 0 Å². The first-order chi connectivity index (χ1) is 10.3. The summed E-state index contributed by atoms with van der Waals surface area (Å²) < 4.78 is 38.3. The maximum absolute atomic E-state index is 12.8. The Bertz CT molecular complexity index is 698. The fourth-order valence-corrected chi connectivity index (χ4v) is 2.15. The molecule has 0 unspecified atom stereocenters. The Labute approximate surface area is 130 Å². The zero-order valence-corrected chi connectivity index (χ0v) is 12.4. The molecule has 116 valence electrons. The number of halogens is 4. The smallest absolute Gasteiger partial charge is 0.354 e. The van der Waals surface area contributed by atoms with Crippen LogP contribution in [0.1, 0.15) is 28.4 Å². The summed E-state index contributed by atoms with van der Waals surface area (Å²) in [6, 6.07) is 8.15. The lowest BCUT2D eigenvalue weighted by molar-refractivity contribution is -0.137. The minimum Gasteiger partial charge on any atom is -0.354 e. The monoisotopic (exact) mass is 327 g/mol. The van der Waals surface area contributed by atoms with E-state index in [2.05, 4.69) is 5.32 Å². The van der Waals surface area contributed by atoms with Crippen LogP contribution in [0.2, 0.25) is 5.02 Å². The van der Waals surface area contributed by atoms with E-state index >= 15 is 0 Å². The summed E-state index contributed by atoms with van der Waals surface area (Å²) in [4.78, 5) is 11.1. The van der Waals surface area contributed by atoms with Gasteiger partial charge < -0.3 is 5.32 Å². The van der Waals surface area contributed by atoms with E-state index in [1.165, 1.54) is 6.07 Å². The third kappa shape index (κ3) is 3.60. The first kappa shape index (κ1) is 16.4. The maximum Gasteiger partial charge on any atom is 0.416 e. The molecule has 1 N–H and O–H groups in total. The fourth-order valence-electron chi connectivity index (χ4n) is 1.99. The molecule has 22 heavy (non-hydrogen) atoms. The molecule has 0 aromatic heterocycles. The van der Waals surface area contributed by atoms with Gasteiger partial charge >= 0.3 is 6.18 Å². The number of aryl methyl sites for hydroxylation is 1. The van der Waals surface area contributed by atoms with Gasteiger partial charge in [0.1, 0.15) is 0 Å². The largest absolute Gasteiger partial charge is 0.416 e. The number of aldehydes is 1. The van der Waals surface area contributed by atoms with Gasteiger partial charge in [-0.3, -0.25) is 4.79 Å². The van der Waals surface area contributed by atoms with Crippen molar-refractivity contribution < 1.29 is 18.0 Å². The van der Waals surface area contributed by atoms with Crippen LogP contribution in [0, 0.1) is 0 Å². The van der Waals surface area contributed by atoms with Gasteiger partial charge in [-0.05, 0) is 42.3 Å². The highest BCUT2D eigenvalue weighted by molar-refractivity contribution is 6.33. The van der Waals surface area contributed by atoms with Crippen LogP contribution in [0.4, 0.5) is 24.5 Å². The summed E-state index contributed by atoms with van der Waals surface area (Å²) in [7, 11) is 0. The second kappa shape index (κ2) is 6.40. The predicted molar refractivity (Wildman–Crippen MR) is 80.9 cm³/mol. The van der Waals surface area contributed by atoms with Crippen LogP contribution < -0.4 is 5.32 Å². The molecule has 6 heteroatoms. The summed E-state index contributed by atoms with van der Waals surface area (Å²) in [6.45, 7) is 1.95. The van der Waals surface area contributed by atoms with Crippen molar-refractivity contribution in [2.45, 2.75) is 19.5 Å². The normalized spacial score (nSPS) is 11.3. The van der Waals surface area contributed by atoms with Crippen molar-refractivity contribution in [3.05, 3.63) is 58.1 Å². The molecular weight excluding hydrogens is 315 g/mol. The Balaban J connectivity index is 2.40. The number of carbonyl (C=O) groups is 1. The summed E-state index contributed by atoms with van der Waals surface area (Å²) in [6.07, 6.45) is -3.05. The zero-order chi connectivity index (χ0) is 16.3. The fraction of sp³-hybridized carbons (Fsp3) is 0.188.